The van der Waals surface area contributed by atoms with Crippen molar-refractivity contribution < 1.29 is 14.1 Å². The van der Waals surface area contributed by atoms with Gasteiger partial charge in [0.25, 0.3) is 0 Å². The summed E-state index contributed by atoms with van der Waals surface area (Å²) in [6.45, 7) is 1.84. The SMILES string of the molecule is CC(=O)OCCCc1ccno1. The average molecular weight is 169 g/mol. The Morgan fingerprint density at radius 1 is 1.75 bits per heavy atom. The minimum atomic E-state index is -0.243. The number of rotatable bonds is 4. The van der Waals surface area contributed by atoms with E-state index in [1.807, 2.05) is 0 Å². The van der Waals surface area contributed by atoms with E-state index in [1.165, 1.54) is 6.92 Å². The minimum absolute atomic E-state index is 0.243. The molecule has 0 aliphatic rings. The fourth-order valence-corrected chi connectivity index (χ4v) is 0.833. The standard InChI is InChI=1S/C8H11NO3/c1-7(10)11-6-2-3-8-4-5-9-12-8/h4-5H,2-3,6H2,1H3. The molecule has 0 spiro atoms. The highest BCUT2D eigenvalue weighted by molar-refractivity contribution is 5.65. The summed E-state index contributed by atoms with van der Waals surface area (Å²) in [4.78, 5) is 10.3. The van der Waals surface area contributed by atoms with Crippen LogP contribution >= 0.6 is 0 Å². The predicted molar refractivity (Wildman–Crippen MR) is 41.5 cm³/mol. The van der Waals surface area contributed by atoms with Crippen LogP contribution in [0.25, 0.3) is 0 Å². The molecule has 0 radical (unpaired) electrons. The zero-order valence-electron chi connectivity index (χ0n) is 6.95. The van der Waals surface area contributed by atoms with Crippen LogP contribution in [0.4, 0.5) is 0 Å². The number of aromatic nitrogens is 1. The lowest BCUT2D eigenvalue weighted by Crippen LogP contribution is -2.01. The zero-order valence-corrected chi connectivity index (χ0v) is 6.95. The quantitative estimate of drug-likeness (QED) is 0.501. The molecular formula is C8H11NO3. The molecule has 0 aromatic carbocycles. The van der Waals surface area contributed by atoms with Crippen molar-refractivity contribution in [2.45, 2.75) is 19.8 Å². The van der Waals surface area contributed by atoms with Crippen LogP contribution in [0.1, 0.15) is 19.1 Å². The third-order valence-corrected chi connectivity index (χ3v) is 1.36. The molecule has 0 saturated heterocycles. The number of hydrogen-bond acceptors (Lipinski definition) is 4. The summed E-state index contributed by atoms with van der Waals surface area (Å²) in [7, 11) is 0. The molecule has 0 amide bonds. The van der Waals surface area contributed by atoms with E-state index in [4.69, 9.17) is 9.26 Å². The summed E-state index contributed by atoms with van der Waals surface area (Å²) in [5, 5.41) is 3.55. The molecule has 1 aromatic rings. The van der Waals surface area contributed by atoms with Gasteiger partial charge in [-0.2, -0.15) is 0 Å². The third kappa shape index (κ3) is 3.18. The van der Waals surface area contributed by atoms with Crippen molar-refractivity contribution in [1.29, 1.82) is 0 Å². The number of esters is 1. The highest BCUT2D eigenvalue weighted by Gasteiger charge is 1.97. The molecule has 1 aromatic heterocycles. The lowest BCUT2D eigenvalue weighted by atomic mass is 10.3. The Morgan fingerprint density at radius 2 is 2.58 bits per heavy atom. The van der Waals surface area contributed by atoms with Gasteiger partial charge in [-0.05, 0) is 6.42 Å². The number of carbonyl (C=O) groups excluding carboxylic acids is 1. The molecular weight excluding hydrogens is 158 g/mol. The number of hydrogen-bond donors (Lipinski definition) is 0. The molecule has 0 aliphatic heterocycles. The first-order valence-corrected chi connectivity index (χ1v) is 3.82. The summed E-state index contributed by atoms with van der Waals surface area (Å²) in [6.07, 6.45) is 3.13. The fraction of sp³-hybridized carbons (Fsp3) is 0.500. The van der Waals surface area contributed by atoms with E-state index in [0.29, 0.717) is 6.61 Å². The molecule has 0 aliphatic carbocycles. The second kappa shape index (κ2) is 4.54. The Labute approximate surface area is 70.5 Å². The van der Waals surface area contributed by atoms with E-state index in [1.54, 1.807) is 12.3 Å². The second-order valence-corrected chi connectivity index (χ2v) is 2.42. The van der Waals surface area contributed by atoms with Crippen LogP contribution in [-0.4, -0.2) is 17.7 Å². The van der Waals surface area contributed by atoms with E-state index in [-0.39, 0.29) is 5.97 Å². The van der Waals surface area contributed by atoms with E-state index < -0.39 is 0 Å². The van der Waals surface area contributed by atoms with Crippen LogP contribution in [0.5, 0.6) is 0 Å². The van der Waals surface area contributed by atoms with Crippen molar-refractivity contribution in [2.75, 3.05) is 6.61 Å². The van der Waals surface area contributed by atoms with Gasteiger partial charge in [0.1, 0.15) is 5.76 Å². The molecule has 0 fully saturated rings. The Hall–Kier alpha value is -1.32. The van der Waals surface area contributed by atoms with Crippen molar-refractivity contribution >= 4 is 5.97 Å². The Balaban J connectivity index is 2.07. The smallest absolute Gasteiger partial charge is 0.302 e. The second-order valence-electron chi connectivity index (χ2n) is 2.42. The molecule has 66 valence electrons. The summed E-state index contributed by atoms with van der Waals surface area (Å²) in [5.74, 6) is 0.578. The van der Waals surface area contributed by atoms with Gasteiger partial charge in [0, 0.05) is 19.4 Å². The van der Waals surface area contributed by atoms with Crippen molar-refractivity contribution in [3.05, 3.63) is 18.0 Å². The van der Waals surface area contributed by atoms with Gasteiger partial charge < -0.3 is 9.26 Å². The fourth-order valence-electron chi connectivity index (χ4n) is 0.833. The molecule has 0 saturated carbocycles. The average Bonchev–Trinajstić information content (AvgIpc) is 2.49. The molecule has 1 rings (SSSR count). The van der Waals surface area contributed by atoms with Gasteiger partial charge in [0.15, 0.2) is 0 Å². The lowest BCUT2D eigenvalue weighted by molar-refractivity contribution is -0.141. The van der Waals surface area contributed by atoms with Crippen molar-refractivity contribution in [2.24, 2.45) is 0 Å². The monoisotopic (exact) mass is 169 g/mol. The van der Waals surface area contributed by atoms with Gasteiger partial charge in [0.05, 0.1) is 12.8 Å². The van der Waals surface area contributed by atoms with E-state index in [9.17, 15) is 4.79 Å². The Morgan fingerprint density at radius 3 is 3.17 bits per heavy atom. The first-order chi connectivity index (χ1) is 5.79. The number of aryl methyl sites for hydroxylation is 1. The molecule has 4 heteroatoms. The third-order valence-electron chi connectivity index (χ3n) is 1.36. The van der Waals surface area contributed by atoms with Gasteiger partial charge in [0.2, 0.25) is 0 Å². The van der Waals surface area contributed by atoms with Crippen LogP contribution in [0, 0.1) is 0 Å². The lowest BCUT2D eigenvalue weighted by Gasteiger charge is -1.98. The van der Waals surface area contributed by atoms with Crippen molar-refractivity contribution in [1.82, 2.24) is 5.16 Å². The molecule has 0 unspecified atom stereocenters. The largest absolute Gasteiger partial charge is 0.466 e. The van der Waals surface area contributed by atoms with Gasteiger partial charge in [-0.1, -0.05) is 5.16 Å². The minimum Gasteiger partial charge on any atom is -0.466 e. The zero-order chi connectivity index (χ0) is 8.81. The number of ether oxygens (including phenoxy) is 1. The van der Waals surface area contributed by atoms with Gasteiger partial charge in [-0.25, -0.2) is 0 Å². The van der Waals surface area contributed by atoms with Gasteiger partial charge >= 0.3 is 5.97 Å². The topological polar surface area (TPSA) is 52.3 Å². The van der Waals surface area contributed by atoms with Crippen LogP contribution < -0.4 is 0 Å². The van der Waals surface area contributed by atoms with E-state index >= 15 is 0 Å². The Bertz CT molecular complexity index is 230. The summed E-state index contributed by atoms with van der Waals surface area (Å²) < 4.78 is 9.59. The van der Waals surface area contributed by atoms with Crippen molar-refractivity contribution in [3.8, 4) is 0 Å². The maximum absolute atomic E-state index is 10.3. The maximum atomic E-state index is 10.3. The summed E-state index contributed by atoms with van der Waals surface area (Å²) in [5.41, 5.74) is 0. The van der Waals surface area contributed by atoms with E-state index in [2.05, 4.69) is 5.16 Å². The molecule has 12 heavy (non-hydrogen) atoms. The summed E-state index contributed by atoms with van der Waals surface area (Å²) >= 11 is 0. The van der Waals surface area contributed by atoms with Crippen LogP contribution in [0.3, 0.4) is 0 Å². The van der Waals surface area contributed by atoms with Crippen molar-refractivity contribution in [3.63, 3.8) is 0 Å². The highest BCUT2D eigenvalue weighted by Crippen LogP contribution is 2.00. The molecule has 0 N–H and O–H groups in total. The van der Waals surface area contributed by atoms with Crippen LogP contribution in [-0.2, 0) is 16.0 Å². The van der Waals surface area contributed by atoms with Gasteiger partial charge in [-0.3, -0.25) is 4.79 Å². The molecule has 4 nitrogen and oxygen atoms in total. The first-order valence-electron chi connectivity index (χ1n) is 3.82. The van der Waals surface area contributed by atoms with E-state index in [0.717, 1.165) is 18.6 Å². The normalized spacial score (nSPS) is 9.75. The first kappa shape index (κ1) is 8.77. The van der Waals surface area contributed by atoms with Crippen LogP contribution in [0.15, 0.2) is 16.8 Å². The maximum Gasteiger partial charge on any atom is 0.302 e. The highest BCUT2D eigenvalue weighted by atomic mass is 16.5. The summed E-state index contributed by atoms with van der Waals surface area (Å²) in [6, 6.07) is 1.80. The molecule has 0 atom stereocenters. The number of nitrogens with zero attached hydrogens (tertiary/aromatic N) is 1. The number of carbonyl (C=O) groups is 1. The molecule has 1 heterocycles. The molecule has 0 bridgehead atoms. The van der Waals surface area contributed by atoms with Crippen LogP contribution in [0.2, 0.25) is 0 Å². The predicted octanol–water partition coefficient (Wildman–Crippen LogP) is 1.17. The van der Waals surface area contributed by atoms with Gasteiger partial charge in [-0.15, -0.1) is 0 Å². The Kier molecular flexibility index (Phi) is 3.32.